The molecule has 0 aliphatic heterocycles. The minimum atomic E-state index is -0.197. The number of aryl methyl sites for hydroxylation is 1. The lowest BCUT2D eigenvalue weighted by atomic mass is 9.96. The van der Waals surface area contributed by atoms with Crippen molar-refractivity contribution in [2.45, 2.75) is 51.6 Å². The molecule has 0 saturated heterocycles. The van der Waals surface area contributed by atoms with Crippen molar-refractivity contribution in [1.82, 2.24) is 20.6 Å². The number of H-pyrrole nitrogens is 1. The molecule has 2 aromatic rings. The zero-order valence-electron chi connectivity index (χ0n) is 14.1. The third-order valence-corrected chi connectivity index (χ3v) is 4.89. The third kappa shape index (κ3) is 3.87. The van der Waals surface area contributed by atoms with E-state index < -0.39 is 0 Å². The van der Waals surface area contributed by atoms with Gasteiger partial charge in [-0.1, -0.05) is 31.4 Å². The Morgan fingerprint density at radius 1 is 1.33 bits per heavy atom. The molecule has 1 aliphatic carbocycles. The quantitative estimate of drug-likeness (QED) is 0.650. The number of hydrogen-bond acceptors (Lipinski definition) is 3. The Morgan fingerprint density at radius 3 is 2.96 bits per heavy atom. The minimum Gasteiger partial charge on any atom is -0.396 e. The molecule has 1 fully saturated rings. The second-order valence-corrected chi connectivity index (χ2v) is 6.67. The predicted octanol–water partition coefficient (Wildman–Crippen LogP) is 2.61. The number of para-hydroxylation sites is 1. The largest absolute Gasteiger partial charge is 0.396 e. The van der Waals surface area contributed by atoms with Gasteiger partial charge in [-0.15, -0.1) is 0 Å². The maximum absolute atomic E-state index is 12.2. The van der Waals surface area contributed by atoms with Gasteiger partial charge in [-0.3, -0.25) is 0 Å². The Kier molecular flexibility index (Phi) is 5.35. The number of aromatic amines is 1. The first-order chi connectivity index (χ1) is 11.7. The topological polar surface area (TPSA) is 90.0 Å². The normalized spacial score (nSPS) is 21.4. The number of aromatic nitrogens is 2. The number of amides is 2. The van der Waals surface area contributed by atoms with Crippen LogP contribution in [0.3, 0.4) is 0 Å². The van der Waals surface area contributed by atoms with Gasteiger partial charge < -0.3 is 20.7 Å². The number of nitrogens with zero attached hydrogens (tertiary/aromatic N) is 1. The van der Waals surface area contributed by atoms with Crippen LogP contribution >= 0.6 is 0 Å². The summed E-state index contributed by atoms with van der Waals surface area (Å²) in [6.45, 7) is 2.51. The number of benzene rings is 1. The monoisotopic (exact) mass is 330 g/mol. The summed E-state index contributed by atoms with van der Waals surface area (Å²) in [5, 5.41) is 15.4. The molecule has 2 amide bonds. The molecular weight excluding hydrogens is 304 g/mol. The summed E-state index contributed by atoms with van der Waals surface area (Å²) in [6, 6.07) is 5.85. The molecule has 24 heavy (non-hydrogen) atoms. The van der Waals surface area contributed by atoms with Gasteiger partial charge in [-0.05, 0) is 31.4 Å². The van der Waals surface area contributed by atoms with E-state index >= 15 is 0 Å². The SMILES string of the molecule is Cc1cccc2[nH]c(CNC(=O)NC3CCCCCC3CO)nc12. The smallest absolute Gasteiger partial charge is 0.315 e. The van der Waals surface area contributed by atoms with E-state index in [1.807, 2.05) is 25.1 Å². The van der Waals surface area contributed by atoms with Crippen molar-refractivity contribution >= 4 is 17.1 Å². The molecule has 1 aromatic carbocycles. The first kappa shape index (κ1) is 16.8. The summed E-state index contributed by atoms with van der Waals surface area (Å²) in [6.07, 6.45) is 5.31. The average molecular weight is 330 g/mol. The molecule has 2 atom stereocenters. The van der Waals surface area contributed by atoms with Crippen LogP contribution in [0, 0.1) is 12.8 Å². The molecule has 1 heterocycles. The van der Waals surface area contributed by atoms with Gasteiger partial charge in [0.2, 0.25) is 0 Å². The fraction of sp³-hybridized carbons (Fsp3) is 0.556. The lowest BCUT2D eigenvalue weighted by Gasteiger charge is -2.24. The summed E-state index contributed by atoms with van der Waals surface area (Å²) in [7, 11) is 0. The van der Waals surface area contributed by atoms with E-state index in [4.69, 9.17) is 0 Å². The van der Waals surface area contributed by atoms with Crippen molar-refractivity contribution in [3.8, 4) is 0 Å². The van der Waals surface area contributed by atoms with E-state index in [1.165, 1.54) is 6.42 Å². The van der Waals surface area contributed by atoms with Crippen LogP contribution in [0.2, 0.25) is 0 Å². The fourth-order valence-corrected chi connectivity index (χ4v) is 3.49. The van der Waals surface area contributed by atoms with E-state index in [9.17, 15) is 9.90 Å². The molecule has 3 rings (SSSR count). The van der Waals surface area contributed by atoms with Gasteiger partial charge in [0.25, 0.3) is 0 Å². The van der Waals surface area contributed by atoms with Crippen LogP contribution in [0.4, 0.5) is 4.79 Å². The Bertz CT molecular complexity index is 697. The van der Waals surface area contributed by atoms with Crippen LogP contribution in [0.1, 0.15) is 43.5 Å². The summed E-state index contributed by atoms with van der Waals surface area (Å²) < 4.78 is 0. The van der Waals surface area contributed by atoms with Gasteiger partial charge in [0.1, 0.15) is 5.82 Å². The molecule has 4 N–H and O–H groups in total. The van der Waals surface area contributed by atoms with Gasteiger partial charge in [0.05, 0.1) is 17.6 Å². The predicted molar refractivity (Wildman–Crippen MR) is 93.7 cm³/mol. The van der Waals surface area contributed by atoms with E-state index in [0.29, 0.717) is 6.54 Å². The van der Waals surface area contributed by atoms with Gasteiger partial charge >= 0.3 is 6.03 Å². The van der Waals surface area contributed by atoms with E-state index in [2.05, 4.69) is 20.6 Å². The number of imidazole rings is 1. The Hall–Kier alpha value is -2.08. The van der Waals surface area contributed by atoms with Crippen LogP contribution < -0.4 is 10.6 Å². The molecule has 0 spiro atoms. The first-order valence-electron chi connectivity index (χ1n) is 8.77. The van der Waals surface area contributed by atoms with Gasteiger partial charge in [0.15, 0.2) is 0 Å². The summed E-state index contributed by atoms with van der Waals surface area (Å²) >= 11 is 0. The van der Waals surface area contributed by atoms with Crippen LogP contribution in [0.25, 0.3) is 11.0 Å². The van der Waals surface area contributed by atoms with Crippen LogP contribution in [0.15, 0.2) is 18.2 Å². The molecule has 1 saturated carbocycles. The maximum atomic E-state index is 12.2. The van der Waals surface area contributed by atoms with Crippen LogP contribution in [-0.4, -0.2) is 33.8 Å². The number of urea groups is 1. The first-order valence-corrected chi connectivity index (χ1v) is 8.77. The Labute approximate surface area is 142 Å². The van der Waals surface area contributed by atoms with Crippen molar-refractivity contribution in [2.24, 2.45) is 5.92 Å². The van der Waals surface area contributed by atoms with E-state index in [0.717, 1.165) is 48.1 Å². The molecule has 6 nitrogen and oxygen atoms in total. The Morgan fingerprint density at radius 2 is 2.17 bits per heavy atom. The van der Waals surface area contributed by atoms with Crippen molar-refractivity contribution in [3.63, 3.8) is 0 Å². The number of hydrogen-bond donors (Lipinski definition) is 4. The molecule has 130 valence electrons. The highest BCUT2D eigenvalue weighted by atomic mass is 16.3. The van der Waals surface area contributed by atoms with Crippen molar-refractivity contribution in [3.05, 3.63) is 29.6 Å². The lowest BCUT2D eigenvalue weighted by molar-refractivity contribution is 0.179. The van der Waals surface area contributed by atoms with E-state index in [-0.39, 0.29) is 24.6 Å². The highest BCUT2D eigenvalue weighted by molar-refractivity contribution is 5.78. The summed E-state index contributed by atoms with van der Waals surface area (Å²) in [5.41, 5.74) is 3.04. The number of nitrogens with one attached hydrogen (secondary N) is 3. The number of aliphatic hydroxyl groups is 1. The maximum Gasteiger partial charge on any atom is 0.315 e. The fourth-order valence-electron chi connectivity index (χ4n) is 3.49. The van der Waals surface area contributed by atoms with Gasteiger partial charge in [-0.2, -0.15) is 0 Å². The number of rotatable bonds is 4. The lowest BCUT2D eigenvalue weighted by Crippen LogP contribution is -2.46. The number of carbonyl (C=O) groups is 1. The zero-order valence-corrected chi connectivity index (χ0v) is 14.1. The number of carbonyl (C=O) groups excluding carboxylic acids is 1. The average Bonchev–Trinajstić information content (AvgIpc) is 2.87. The third-order valence-electron chi connectivity index (χ3n) is 4.89. The molecule has 0 radical (unpaired) electrons. The molecule has 0 bridgehead atoms. The number of fused-ring (bicyclic) bond motifs is 1. The van der Waals surface area contributed by atoms with Gasteiger partial charge in [0, 0.05) is 18.6 Å². The second-order valence-electron chi connectivity index (χ2n) is 6.67. The second kappa shape index (κ2) is 7.66. The summed E-state index contributed by atoms with van der Waals surface area (Å²) in [4.78, 5) is 20.0. The minimum absolute atomic E-state index is 0.0513. The van der Waals surface area contributed by atoms with Crippen molar-refractivity contribution in [2.75, 3.05) is 6.61 Å². The molecule has 6 heteroatoms. The highest BCUT2D eigenvalue weighted by Gasteiger charge is 2.24. The molecule has 1 aromatic heterocycles. The van der Waals surface area contributed by atoms with Crippen LogP contribution in [-0.2, 0) is 6.54 Å². The zero-order chi connectivity index (χ0) is 16.9. The summed E-state index contributed by atoms with van der Waals surface area (Å²) in [5.74, 6) is 0.904. The van der Waals surface area contributed by atoms with Gasteiger partial charge in [-0.25, -0.2) is 9.78 Å². The Balaban J connectivity index is 1.57. The van der Waals surface area contributed by atoms with E-state index in [1.54, 1.807) is 0 Å². The molecule has 1 aliphatic rings. The highest BCUT2D eigenvalue weighted by Crippen LogP contribution is 2.23. The molecule has 2 unspecified atom stereocenters. The number of aliphatic hydroxyl groups excluding tert-OH is 1. The standard InChI is InChI=1S/C18H26N4O2/c1-12-6-5-9-15-17(12)22-16(20-15)10-19-18(24)21-14-8-4-2-3-7-13(14)11-23/h5-6,9,13-14,23H,2-4,7-8,10-11H2,1H3,(H,20,22)(H2,19,21,24). The van der Waals surface area contributed by atoms with Crippen molar-refractivity contribution < 1.29 is 9.90 Å². The van der Waals surface area contributed by atoms with Crippen LogP contribution in [0.5, 0.6) is 0 Å². The molecular formula is C18H26N4O2. The van der Waals surface area contributed by atoms with Crippen molar-refractivity contribution in [1.29, 1.82) is 0 Å².